The molecular weight excluding hydrogens is 190 g/mol. The maximum Gasteiger partial charge on any atom is 0.311 e. The highest BCUT2D eigenvalue weighted by Gasteiger charge is 2.61. The lowest BCUT2D eigenvalue weighted by Gasteiger charge is -2.00. The van der Waals surface area contributed by atoms with Crippen LogP contribution in [0.3, 0.4) is 0 Å². The van der Waals surface area contributed by atoms with Gasteiger partial charge in [-0.2, -0.15) is 5.26 Å². The van der Waals surface area contributed by atoms with Crippen LogP contribution in [0.4, 0.5) is 0 Å². The smallest absolute Gasteiger partial charge is 0.311 e. The van der Waals surface area contributed by atoms with E-state index in [1.165, 1.54) is 5.57 Å². The van der Waals surface area contributed by atoms with E-state index >= 15 is 0 Å². The molecule has 1 aliphatic carbocycles. The molecule has 0 amide bonds. The van der Waals surface area contributed by atoms with Crippen LogP contribution < -0.4 is 0 Å². The molecule has 2 unspecified atom stereocenters. The molecule has 3 heteroatoms. The zero-order valence-corrected chi connectivity index (χ0v) is 9.70. The van der Waals surface area contributed by atoms with Crippen molar-refractivity contribution in [2.75, 3.05) is 6.61 Å². The number of hydrogen-bond acceptors (Lipinski definition) is 3. The Morgan fingerprint density at radius 1 is 1.53 bits per heavy atom. The molecule has 0 bridgehead atoms. The minimum Gasteiger partial charge on any atom is -0.450 e. The highest BCUT2D eigenvalue weighted by atomic mass is 16.5. The molecule has 0 aromatic rings. The maximum atomic E-state index is 11.6. The molecule has 1 aliphatic rings. The number of hydrogen-bond donors (Lipinski definition) is 0. The molecule has 82 valence electrons. The Labute approximate surface area is 90.7 Å². The summed E-state index contributed by atoms with van der Waals surface area (Å²) in [5.74, 6) is -0.0708. The minimum atomic E-state index is -0.246. The van der Waals surface area contributed by atoms with E-state index in [-0.39, 0.29) is 29.8 Å². The number of rotatable bonds is 3. The van der Waals surface area contributed by atoms with E-state index in [0.29, 0.717) is 0 Å². The molecule has 0 radical (unpaired) electrons. The van der Waals surface area contributed by atoms with Crippen molar-refractivity contribution < 1.29 is 9.53 Å². The minimum absolute atomic E-state index is 0.0240. The van der Waals surface area contributed by atoms with Gasteiger partial charge < -0.3 is 4.74 Å². The molecule has 0 aliphatic heterocycles. The van der Waals surface area contributed by atoms with Gasteiger partial charge in [-0.1, -0.05) is 25.5 Å². The maximum absolute atomic E-state index is 11.6. The first kappa shape index (κ1) is 11.8. The Balaban J connectivity index is 2.63. The Hall–Kier alpha value is -1.30. The third-order valence-electron chi connectivity index (χ3n) is 2.96. The van der Waals surface area contributed by atoms with Gasteiger partial charge in [-0.05, 0) is 25.2 Å². The molecule has 1 fully saturated rings. The second-order valence-electron chi connectivity index (χ2n) is 4.83. The van der Waals surface area contributed by atoms with E-state index in [2.05, 4.69) is 19.9 Å². The van der Waals surface area contributed by atoms with Crippen molar-refractivity contribution in [1.29, 1.82) is 5.26 Å². The summed E-state index contributed by atoms with van der Waals surface area (Å²) < 4.78 is 4.83. The van der Waals surface area contributed by atoms with Gasteiger partial charge in [0.15, 0.2) is 6.61 Å². The largest absolute Gasteiger partial charge is 0.450 e. The van der Waals surface area contributed by atoms with Gasteiger partial charge in [-0.15, -0.1) is 0 Å². The normalized spacial score (nSPS) is 26.3. The average molecular weight is 207 g/mol. The summed E-state index contributed by atoms with van der Waals surface area (Å²) in [5, 5.41) is 8.32. The van der Waals surface area contributed by atoms with Gasteiger partial charge in [-0.3, -0.25) is 4.79 Å². The Morgan fingerprint density at radius 3 is 2.60 bits per heavy atom. The van der Waals surface area contributed by atoms with Gasteiger partial charge >= 0.3 is 5.97 Å². The summed E-state index contributed by atoms with van der Waals surface area (Å²) in [4.78, 5) is 11.6. The van der Waals surface area contributed by atoms with E-state index in [9.17, 15) is 4.79 Å². The van der Waals surface area contributed by atoms with E-state index in [1.54, 1.807) is 6.07 Å². The van der Waals surface area contributed by atoms with Crippen LogP contribution >= 0.6 is 0 Å². The molecule has 0 spiro atoms. The highest BCUT2D eigenvalue weighted by Crippen LogP contribution is 2.59. The van der Waals surface area contributed by atoms with E-state index in [0.717, 1.165) is 0 Å². The van der Waals surface area contributed by atoms with Crippen molar-refractivity contribution in [3.63, 3.8) is 0 Å². The van der Waals surface area contributed by atoms with Crippen LogP contribution in [-0.4, -0.2) is 12.6 Å². The van der Waals surface area contributed by atoms with Crippen molar-refractivity contribution in [1.82, 2.24) is 0 Å². The van der Waals surface area contributed by atoms with E-state index in [1.807, 2.05) is 13.8 Å². The molecule has 3 nitrogen and oxygen atoms in total. The lowest BCUT2D eigenvalue weighted by Crippen LogP contribution is -2.10. The Morgan fingerprint density at radius 2 is 2.13 bits per heavy atom. The van der Waals surface area contributed by atoms with Gasteiger partial charge in [0.25, 0.3) is 0 Å². The summed E-state index contributed by atoms with van der Waals surface area (Å²) >= 11 is 0. The van der Waals surface area contributed by atoms with Gasteiger partial charge in [0.1, 0.15) is 6.07 Å². The summed E-state index contributed by atoms with van der Waals surface area (Å²) in [5.41, 5.74) is 1.19. The number of esters is 1. The van der Waals surface area contributed by atoms with Crippen molar-refractivity contribution >= 4 is 5.97 Å². The topological polar surface area (TPSA) is 50.1 Å². The number of allylic oxidation sites excluding steroid dienone is 2. The fourth-order valence-corrected chi connectivity index (χ4v) is 1.99. The standard InChI is InChI=1S/C12H17NO2/c1-8(2)7-9-10(12(9,3)4)11(14)15-6-5-13/h7,9-10H,6H2,1-4H3. The van der Waals surface area contributed by atoms with Gasteiger partial charge in [0.2, 0.25) is 0 Å². The van der Waals surface area contributed by atoms with Crippen LogP contribution in [0.1, 0.15) is 27.7 Å². The third kappa shape index (κ3) is 2.38. The first-order chi connectivity index (χ1) is 6.91. The molecule has 0 heterocycles. The zero-order valence-electron chi connectivity index (χ0n) is 9.70. The van der Waals surface area contributed by atoms with E-state index in [4.69, 9.17) is 10.00 Å². The Kier molecular flexibility index (Phi) is 3.18. The first-order valence-corrected chi connectivity index (χ1v) is 5.10. The molecule has 0 aromatic carbocycles. The first-order valence-electron chi connectivity index (χ1n) is 5.10. The SMILES string of the molecule is CC(C)=CC1C(C(=O)OCC#N)C1(C)C. The van der Waals surface area contributed by atoms with Crippen LogP contribution in [0.25, 0.3) is 0 Å². The summed E-state index contributed by atoms with van der Waals surface area (Å²) in [6.45, 7) is 8.00. The number of nitrogens with zero attached hydrogens (tertiary/aromatic N) is 1. The molecule has 0 saturated heterocycles. The van der Waals surface area contributed by atoms with Gasteiger partial charge in [-0.25, -0.2) is 0 Å². The summed E-state index contributed by atoms with van der Waals surface area (Å²) in [6.07, 6.45) is 2.11. The monoisotopic (exact) mass is 207 g/mol. The Bertz CT molecular complexity index is 332. The molecule has 2 atom stereocenters. The van der Waals surface area contributed by atoms with Crippen molar-refractivity contribution in [2.24, 2.45) is 17.3 Å². The highest BCUT2D eigenvalue weighted by molar-refractivity contribution is 5.78. The van der Waals surface area contributed by atoms with Crippen molar-refractivity contribution in [3.8, 4) is 6.07 Å². The summed E-state index contributed by atoms with van der Waals surface area (Å²) in [7, 11) is 0. The second-order valence-corrected chi connectivity index (χ2v) is 4.83. The van der Waals surface area contributed by atoms with Crippen molar-refractivity contribution in [2.45, 2.75) is 27.7 Å². The van der Waals surface area contributed by atoms with Crippen LogP contribution in [-0.2, 0) is 9.53 Å². The lowest BCUT2D eigenvalue weighted by molar-refractivity contribution is -0.144. The number of carbonyl (C=O) groups is 1. The molecule has 0 N–H and O–H groups in total. The fourth-order valence-electron chi connectivity index (χ4n) is 1.99. The number of nitriles is 1. The predicted octanol–water partition coefficient (Wildman–Crippen LogP) is 2.29. The molecule has 0 aromatic heterocycles. The van der Waals surface area contributed by atoms with Crippen LogP contribution in [0.5, 0.6) is 0 Å². The van der Waals surface area contributed by atoms with Crippen LogP contribution in [0.15, 0.2) is 11.6 Å². The quantitative estimate of drug-likeness (QED) is 0.527. The lowest BCUT2D eigenvalue weighted by atomic mass is 10.1. The molecule has 15 heavy (non-hydrogen) atoms. The summed E-state index contributed by atoms with van der Waals surface area (Å²) in [6, 6.07) is 1.81. The van der Waals surface area contributed by atoms with Crippen LogP contribution in [0, 0.1) is 28.6 Å². The predicted molar refractivity (Wildman–Crippen MR) is 56.8 cm³/mol. The second kappa shape index (κ2) is 4.06. The fraction of sp³-hybridized carbons (Fsp3) is 0.667. The zero-order chi connectivity index (χ0) is 11.6. The number of carbonyl (C=O) groups excluding carboxylic acids is 1. The van der Waals surface area contributed by atoms with Gasteiger partial charge in [0.05, 0.1) is 5.92 Å². The number of ether oxygens (including phenoxy) is 1. The molecular formula is C12H17NO2. The van der Waals surface area contributed by atoms with Crippen LogP contribution in [0.2, 0.25) is 0 Å². The molecule has 1 rings (SSSR count). The van der Waals surface area contributed by atoms with Crippen molar-refractivity contribution in [3.05, 3.63) is 11.6 Å². The van der Waals surface area contributed by atoms with E-state index < -0.39 is 0 Å². The van der Waals surface area contributed by atoms with Gasteiger partial charge in [0, 0.05) is 0 Å². The third-order valence-corrected chi connectivity index (χ3v) is 2.96. The average Bonchev–Trinajstić information content (AvgIpc) is 2.63. The molecule has 1 saturated carbocycles.